The minimum absolute atomic E-state index is 0. The molecular weight excluding hydrogens is 713 g/mol. The molecule has 244 valence electrons. The molecule has 0 bridgehead atoms. The van der Waals surface area contributed by atoms with Gasteiger partial charge in [-0.1, -0.05) is 168 Å². The largest absolute Gasteiger partial charge is 2.00 e. The maximum absolute atomic E-state index is 3.99. The van der Waals surface area contributed by atoms with Gasteiger partial charge in [0.05, 0.1) is 0 Å². The van der Waals surface area contributed by atoms with Crippen molar-refractivity contribution in [1.29, 1.82) is 0 Å². The molecule has 0 spiro atoms. The van der Waals surface area contributed by atoms with Crippen molar-refractivity contribution in [3.05, 3.63) is 126 Å². The number of hydrogen-bond donors (Lipinski definition) is 0. The van der Waals surface area contributed by atoms with Crippen LogP contribution in [0.5, 0.6) is 0 Å². The van der Waals surface area contributed by atoms with Crippen LogP contribution in [0.1, 0.15) is 84.6 Å². The summed E-state index contributed by atoms with van der Waals surface area (Å²) in [5.41, 5.74) is 1.49. The number of rotatable bonds is 10. The van der Waals surface area contributed by atoms with Crippen LogP contribution in [-0.4, -0.2) is 23.1 Å². The summed E-state index contributed by atoms with van der Waals surface area (Å²) in [6.45, 7) is 13.0. The second kappa shape index (κ2) is 21.9. The van der Waals surface area contributed by atoms with Crippen molar-refractivity contribution in [3.63, 3.8) is 0 Å². The number of benzene rings is 6. The van der Waals surface area contributed by atoms with Crippen molar-refractivity contribution in [2.75, 3.05) is 0 Å². The van der Waals surface area contributed by atoms with Crippen molar-refractivity contribution in [2.24, 2.45) is 11.8 Å². The third kappa shape index (κ3) is 12.8. The van der Waals surface area contributed by atoms with Gasteiger partial charge in [-0.05, 0) is 97.4 Å². The average molecular weight is 765 g/mol. The van der Waals surface area contributed by atoms with Gasteiger partial charge in [0.2, 0.25) is 0 Å². The second-order valence-corrected chi connectivity index (χ2v) is 13.5. The Hall–Kier alpha value is -1.91. The smallest absolute Gasteiger partial charge is 1.00 e. The molecule has 0 fully saturated rings. The molecule has 0 saturated carbocycles. The molecule has 0 heterocycles. The molecule has 0 aliphatic carbocycles. The fraction of sp³-hybridized carbons (Fsp3) is 0.341. The summed E-state index contributed by atoms with van der Waals surface area (Å²) >= 11 is 3.50. The monoisotopic (exact) mass is 762 g/mol. The van der Waals surface area contributed by atoms with Gasteiger partial charge in [-0.3, -0.25) is 0 Å². The van der Waals surface area contributed by atoms with E-state index in [-0.39, 0.29) is 40.0 Å². The number of halogens is 2. The van der Waals surface area contributed by atoms with Gasteiger partial charge in [-0.25, -0.2) is 0 Å². The zero-order valence-electron chi connectivity index (χ0n) is 29.1. The molecule has 47 heavy (non-hydrogen) atoms. The van der Waals surface area contributed by atoms with Gasteiger partial charge in [0.25, 0.3) is 0 Å². The van der Waals surface area contributed by atoms with Crippen LogP contribution in [0, 0.1) is 18.8 Å². The predicted octanol–water partition coefficient (Wildman–Crippen LogP) is 11.2. The molecule has 6 aromatic carbocycles. The molecule has 2 unspecified atom stereocenters. The van der Waals surface area contributed by atoms with E-state index in [1.165, 1.54) is 106 Å². The van der Waals surface area contributed by atoms with Crippen molar-refractivity contribution < 1.29 is 17.0 Å². The molecule has 0 nitrogen and oxygen atoms in total. The molecule has 0 aliphatic rings. The van der Waals surface area contributed by atoms with E-state index in [9.17, 15) is 0 Å². The van der Waals surface area contributed by atoms with Crippen LogP contribution in [0.25, 0.3) is 43.1 Å². The molecule has 0 radical (unpaired) electrons. The summed E-state index contributed by atoms with van der Waals surface area (Å²) in [6.07, 6.45) is 11.7. The Kier molecular flexibility index (Phi) is 19.3. The zero-order chi connectivity index (χ0) is 32.0. The topological polar surface area (TPSA) is 0 Å². The SMILES string of the molecule is Brc1ccc2cc3ccccc3cc2c1.CCCCC(CC)Cc1ccc2cc3ccccc3cc2c1.[Br-].[CH2-]C(CC)CCCC.[Mg+2]. The second-order valence-electron chi connectivity index (χ2n) is 12.6. The zero-order valence-corrected chi connectivity index (χ0v) is 33.7. The normalized spacial score (nSPS) is 11.9. The molecule has 0 saturated heterocycles. The van der Waals surface area contributed by atoms with Crippen LogP contribution in [0.3, 0.4) is 0 Å². The van der Waals surface area contributed by atoms with Crippen LogP contribution >= 0.6 is 15.9 Å². The van der Waals surface area contributed by atoms with E-state index >= 15 is 0 Å². The standard InChI is InChI=1S/C22H26.C14H9Br.C8H17.BrH.Mg/c1-3-5-8-17(4-2)13-18-11-12-21-15-19-9-6-7-10-20(19)16-22(21)14-18;15-14-6-5-12-7-10-3-1-2-4-11(10)8-13(12)9-14;1-4-6-7-8(3)5-2;;/h6-7,9-12,14-17H,3-5,8,13H2,1-2H3;1-9H;8H,3-7H2,1-2H3;1H;/q;;-1;;+2/p-1. The first-order valence-electron chi connectivity index (χ1n) is 17.3. The van der Waals surface area contributed by atoms with Crippen LogP contribution in [0.4, 0.5) is 0 Å². The molecule has 0 N–H and O–H groups in total. The molecule has 0 aliphatic heterocycles. The van der Waals surface area contributed by atoms with Crippen LogP contribution < -0.4 is 17.0 Å². The first-order valence-corrected chi connectivity index (χ1v) is 18.1. The number of fused-ring (bicyclic) bond motifs is 4. The minimum Gasteiger partial charge on any atom is -1.00 e. The van der Waals surface area contributed by atoms with E-state index in [1.807, 2.05) is 0 Å². The first-order chi connectivity index (χ1) is 21.9. The summed E-state index contributed by atoms with van der Waals surface area (Å²) in [5.74, 6) is 1.54. The molecule has 0 amide bonds. The van der Waals surface area contributed by atoms with Gasteiger partial charge >= 0.3 is 23.1 Å². The van der Waals surface area contributed by atoms with Crippen LogP contribution in [0.2, 0.25) is 0 Å². The molecule has 2 atom stereocenters. The maximum atomic E-state index is 3.99. The van der Waals surface area contributed by atoms with Crippen molar-refractivity contribution in [1.82, 2.24) is 0 Å². The quantitative estimate of drug-likeness (QED) is 0.0740. The van der Waals surface area contributed by atoms with E-state index in [1.54, 1.807) is 0 Å². The van der Waals surface area contributed by atoms with E-state index in [2.05, 4.69) is 160 Å². The first kappa shape index (κ1) is 41.3. The van der Waals surface area contributed by atoms with Gasteiger partial charge < -0.3 is 23.9 Å². The van der Waals surface area contributed by atoms with Gasteiger partial charge in [-0.2, -0.15) is 5.92 Å². The molecular formula is C44H52Br2Mg. The predicted molar refractivity (Wildman–Crippen MR) is 212 cm³/mol. The van der Waals surface area contributed by atoms with Crippen LogP contribution in [-0.2, 0) is 6.42 Å². The Balaban J connectivity index is 0.000000267. The molecule has 3 heteroatoms. The fourth-order valence-corrected chi connectivity index (χ4v) is 6.38. The summed E-state index contributed by atoms with van der Waals surface area (Å²) in [7, 11) is 0. The van der Waals surface area contributed by atoms with E-state index in [4.69, 9.17) is 0 Å². The minimum atomic E-state index is 0. The van der Waals surface area contributed by atoms with Gasteiger partial charge in [-0.15, -0.1) is 0 Å². The van der Waals surface area contributed by atoms with Gasteiger partial charge in [0.15, 0.2) is 0 Å². The molecule has 0 aromatic heterocycles. The van der Waals surface area contributed by atoms with Gasteiger partial charge in [0, 0.05) is 4.47 Å². The number of hydrogen-bond acceptors (Lipinski definition) is 0. The van der Waals surface area contributed by atoms with Crippen LogP contribution in [0.15, 0.2) is 114 Å². The van der Waals surface area contributed by atoms with Crippen molar-refractivity contribution in [2.45, 2.75) is 85.5 Å². The fourth-order valence-electron chi connectivity index (χ4n) is 6.00. The summed E-state index contributed by atoms with van der Waals surface area (Å²) in [6, 6.07) is 39.6. The van der Waals surface area contributed by atoms with Crippen molar-refractivity contribution >= 4 is 82.1 Å². The summed E-state index contributed by atoms with van der Waals surface area (Å²) < 4.78 is 1.13. The third-order valence-corrected chi connectivity index (χ3v) is 9.54. The average Bonchev–Trinajstić information content (AvgIpc) is 3.07. The van der Waals surface area contributed by atoms with E-state index in [0.717, 1.165) is 10.4 Å². The molecule has 6 rings (SSSR count). The Morgan fingerprint density at radius 2 is 0.979 bits per heavy atom. The number of unbranched alkanes of at least 4 members (excludes halogenated alkanes) is 2. The van der Waals surface area contributed by atoms with Crippen molar-refractivity contribution in [3.8, 4) is 0 Å². The Bertz CT molecular complexity index is 1780. The Morgan fingerprint density at radius 3 is 1.47 bits per heavy atom. The van der Waals surface area contributed by atoms with E-state index in [0.29, 0.717) is 5.92 Å². The Labute approximate surface area is 320 Å². The Morgan fingerprint density at radius 1 is 0.532 bits per heavy atom. The van der Waals surface area contributed by atoms with Gasteiger partial charge in [0.1, 0.15) is 0 Å². The molecule has 6 aromatic rings. The summed E-state index contributed by atoms with van der Waals surface area (Å²) in [4.78, 5) is 0. The maximum Gasteiger partial charge on any atom is 2.00 e. The third-order valence-electron chi connectivity index (χ3n) is 9.05. The van der Waals surface area contributed by atoms with E-state index < -0.39 is 0 Å². The summed E-state index contributed by atoms with van der Waals surface area (Å²) in [5, 5.41) is 10.6.